The highest BCUT2D eigenvalue weighted by Crippen LogP contribution is 2.14. The monoisotopic (exact) mass is 187 g/mol. The first-order valence-electron chi connectivity index (χ1n) is 5.48. The van der Waals surface area contributed by atoms with Crippen molar-refractivity contribution < 1.29 is 4.74 Å². The molecule has 0 amide bonds. The molecule has 0 aliphatic carbocycles. The molecule has 0 aromatic heterocycles. The zero-order valence-corrected chi connectivity index (χ0v) is 9.60. The van der Waals surface area contributed by atoms with Crippen molar-refractivity contribution in [1.82, 2.24) is 5.32 Å². The van der Waals surface area contributed by atoms with Crippen LogP contribution in [0.2, 0.25) is 0 Å². The van der Waals surface area contributed by atoms with Gasteiger partial charge in [-0.2, -0.15) is 0 Å². The molecule has 13 heavy (non-hydrogen) atoms. The van der Waals surface area contributed by atoms with Crippen LogP contribution < -0.4 is 5.32 Å². The molecular weight excluding hydrogens is 162 g/mol. The summed E-state index contributed by atoms with van der Waals surface area (Å²) in [5.41, 5.74) is 0. The summed E-state index contributed by atoms with van der Waals surface area (Å²) in [6.07, 6.45) is 4.15. The highest BCUT2D eigenvalue weighted by atomic mass is 16.5. The van der Waals surface area contributed by atoms with E-state index < -0.39 is 0 Å². The fourth-order valence-corrected chi connectivity index (χ4v) is 1.63. The van der Waals surface area contributed by atoms with Crippen LogP contribution in [0.15, 0.2) is 0 Å². The molecule has 0 saturated heterocycles. The van der Waals surface area contributed by atoms with Gasteiger partial charge in [0.2, 0.25) is 0 Å². The van der Waals surface area contributed by atoms with Crippen LogP contribution in [0.3, 0.4) is 0 Å². The molecule has 0 rings (SSSR count). The molecule has 2 unspecified atom stereocenters. The quantitative estimate of drug-likeness (QED) is 0.630. The summed E-state index contributed by atoms with van der Waals surface area (Å²) in [6.45, 7) is 8.76. The smallest absolute Gasteiger partial charge is 0.0546 e. The summed E-state index contributed by atoms with van der Waals surface area (Å²) in [5.74, 6) is 0.778. The van der Waals surface area contributed by atoms with Crippen LogP contribution in [0, 0.1) is 5.92 Å². The minimum atomic E-state index is 0.398. The number of methoxy groups -OCH3 is 1. The van der Waals surface area contributed by atoms with Crippen LogP contribution in [-0.4, -0.2) is 26.3 Å². The molecule has 0 aromatic rings. The van der Waals surface area contributed by atoms with Crippen LogP contribution in [-0.2, 0) is 4.74 Å². The van der Waals surface area contributed by atoms with E-state index in [1.807, 2.05) is 0 Å². The normalized spacial score (nSPS) is 15.7. The fourth-order valence-electron chi connectivity index (χ4n) is 1.63. The second-order valence-electron chi connectivity index (χ2n) is 3.74. The molecule has 0 radical (unpaired) electrons. The minimum Gasteiger partial charge on any atom is -0.382 e. The van der Waals surface area contributed by atoms with Gasteiger partial charge in [0.25, 0.3) is 0 Å². The molecule has 0 heterocycles. The first kappa shape index (κ1) is 12.9. The van der Waals surface area contributed by atoms with Gasteiger partial charge in [0.15, 0.2) is 0 Å². The van der Waals surface area contributed by atoms with Gasteiger partial charge in [-0.25, -0.2) is 0 Å². The van der Waals surface area contributed by atoms with Crippen molar-refractivity contribution in [1.29, 1.82) is 0 Å². The Hall–Kier alpha value is -0.0800. The molecule has 0 saturated carbocycles. The lowest BCUT2D eigenvalue weighted by atomic mass is 9.97. The van der Waals surface area contributed by atoms with E-state index in [1.54, 1.807) is 7.11 Å². The summed E-state index contributed by atoms with van der Waals surface area (Å²) in [4.78, 5) is 0. The van der Waals surface area contributed by atoms with Gasteiger partial charge in [-0.3, -0.25) is 0 Å². The number of hydrogen-bond donors (Lipinski definition) is 1. The lowest BCUT2D eigenvalue weighted by Gasteiger charge is -2.19. The van der Waals surface area contributed by atoms with Crippen molar-refractivity contribution in [2.75, 3.05) is 20.2 Å². The topological polar surface area (TPSA) is 21.3 Å². The van der Waals surface area contributed by atoms with Crippen molar-refractivity contribution >= 4 is 0 Å². The largest absolute Gasteiger partial charge is 0.382 e. The maximum Gasteiger partial charge on any atom is 0.0546 e. The van der Waals surface area contributed by atoms with E-state index in [1.165, 1.54) is 19.3 Å². The Bertz CT molecular complexity index is 106. The molecule has 2 heteroatoms. The van der Waals surface area contributed by atoms with Crippen LogP contribution in [0.25, 0.3) is 0 Å². The molecule has 2 nitrogen and oxygen atoms in total. The predicted molar refractivity (Wildman–Crippen MR) is 58.0 cm³/mol. The molecule has 0 spiro atoms. The Labute approximate surface area is 83.1 Å². The van der Waals surface area contributed by atoms with Gasteiger partial charge in [-0.05, 0) is 38.8 Å². The van der Waals surface area contributed by atoms with E-state index in [2.05, 4.69) is 26.1 Å². The number of ether oxygens (including phenoxy) is 1. The average molecular weight is 187 g/mol. The van der Waals surface area contributed by atoms with Crippen molar-refractivity contribution in [2.45, 2.75) is 46.1 Å². The zero-order chi connectivity index (χ0) is 10.1. The van der Waals surface area contributed by atoms with Gasteiger partial charge in [-0.15, -0.1) is 0 Å². The Morgan fingerprint density at radius 2 is 2.00 bits per heavy atom. The van der Waals surface area contributed by atoms with Crippen LogP contribution >= 0.6 is 0 Å². The van der Waals surface area contributed by atoms with Gasteiger partial charge in [0.1, 0.15) is 0 Å². The van der Waals surface area contributed by atoms with Crippen LogP contribution in [0.4, 0.5) is 0 Å². The third-order valence-corrected chi connectivity index (χ3v) is 2.45. The van der Waals surface area contributed by atoms with Crippen molar-refractivity contribution in [3.63, 3.8) is 0 Å². The molecule has 0 aliphatic heterocycles. The van der Waals surface area contributed by atoms with Crippen molar-refractivity contribution in [3.05, 3.63) is 0 Å². The van der Waals surface area contributed by atoms with Gasteiger partial charge < -0.3 is 10.1 Å². The number of hydrogen-bond acceptors (Lipinski definition) is 2. The van der Waals surface area contributed by atoms with E-state index in [9.17, 15) is 0 Å². The second kappa shape index (κ2) is 8.52. The highest BCUT2D eigenvalue weighted by molar-refractivity contribution is 4.65. The minimum absolute atomic E-state index is 0.398. The SMILES string of the molecule is CCCC(CNCC)CC(C)OC. The van der Waals surface area contributed by atoms with E-state index in [0.29, 0.717) is 6.10 Å². The predicted octanol–water partition coefficient (Wildman–Crippen LogP) is 2.44. The third-order valence-electron chi connectivity index (χ3n) is 2.45. The summed E-state index contributed by atoms with van der Waals surface area (Å²) in [6, 6.07) is 0. The van der Waals surface area contributed by atoms with Gasteiger partial charge >= 0.3 is 0 Å². The molecule has 0 aromatic carbocycles. The first-order valence-corrected chi connectivity index (χ1v) is 5.48. The molecule has 2 atom stereocenters. The Kier molecular flexibility index (Phi) is 8.46. The summed E-state index contributed by atoms with van der Waals surface area (Å²) in [7, 11) is 1.79. The molecule has 0 aliphatic rings. The molecular formula is C11H25NO. The van der Waals surface area contributed by atoms with E-state index >= 15 is 0 Å². The maximum atomic E-state index is 5.28. The molecule has 80 valence electrons. The first-order chi connectivity index (χ1) is 6.24. The van der Waals surface area contributed by atoms with Crippen molar-refractivity contribution in [2.24, 2.45) is 5.92 Å². The third kappa shape index (κ3) is 7.03. The maximum absolute atomic E-state index is 5.28. The van der Waals surface area contributed by atoms with Gasteiger partial charge in [0, 0.05) is 7.11 Å². The standard InChI is InChI=1S/C11H25NO/c1-5-7-11(9-12-6-2)8-10(3)13-4/h10-12H,5-9H2,1-4H3. The number of nitrogens with one attached hydrogen (secondary N) is 1. The highest BCUT2D eigenvalue weighted by Gasteiger charge is 2.11. The zero-order valence-electron chi connectivity index (χ0n) is 9.60. The van der Waals surface area contributed by atoms with E-state index in [4.69, 9.17) is 4.74 Å². The van der Waals surface area contributed by atoms with Gasteiger partial charge in [0.05, 0.1) is 6.10 Å². The van der Waals surface area contributed by atoms with E-state index in [-0.39, 0.29) is 0 Å². The second-order valence-corrected chi connectivity index (χ2v) is 3.74. The summed E-state index contributed by atoms with van der Waals surface area (Å²) in [5, 5.41) is 3.41. The van der Waals surface area contributed by atoms with Crippen LogP contribution in [0.1, 0.15) is 40.0 Å². The fraction of sp³-hybridized carbons (Fsp3) is 1.00. The lowest BCUT2D eigenvalue weighted by Crippen LogP contribution is -2.25. The van der Waals surface area contributed by atoms with Crippen molar-refractivity contribution in [3.8, 4) is 0 Å². The Morgan fingerprint density at radius 1 is 1.31 bits per heavy atom. The van der Waals surface area contributed by atoms with E-state index in [0.717, 1.165) is 19.0 Å². The molecule has 0 fully saturated rings. The summed E-state index contributed by atoms with van der Waals surface area (Å²) >= 11 is 0. The Morgan fingerprint density at radius 3 is 2.46 bits per heavy atom. The average Bonchev–Trinajstić information content (AvgIpc) is 2.14. The summed E-state index contributed by atoms with van der Waals surface area (Å²) < 4.78 is 5.28. The lowest BCUT2D eigenvalue weighted by molar-refractivity contribution is 0.0931. The molecule has 1 N–H and O–H groups in total. The van der Waals surface area contributed by atoms with Gasteiger partial charge in [-0.1, -0.05) is 20.3 Å². The number of rotatable bonds is 8. The van der Waals surface area contributed by atoms with Crippen LogP contribution in [0.5, 0.6) is 0 Å². The Balaban J connectivity index is 3.65. The molecule has 0 bridgehead atoms.